The Bertz CT molecular complexity index is 713. The number of para-hydroxylation sites is 1. The monoisotopic (exact) mass is 370 g/mol. The highest BCUT2D eigenvalue weighted by Crippen LogP contribution is 2.16. The number of carbonyl (C=O) groups excluding carboxylic acids is 1. The van der Waals surface area contributed by atoms with Crippen LogP contribution in [0.5, 0.6) is 5.75 Å². The fourth-order valence-corrected chi connectivity index (χ4v) is 3.18. The zero-order chi connectivity index (χ0) is 19.1. The molecule has 0 saturated carbocycles. The van der Waals surface area contributed by atoms with Crippen molar-refractivity contribution < 1.29 is 19.4 Å². The van der Waals surface area contributed by atoms with Crippen molar-refractivity contribution in [1.82, 2.24) is 4.90 Å². The first kappa shape index (κ1) is 19.2. The van der Waals surface area contributed by atoms with Crippen molar-refractivity contribution in [2.24, 2.45) is 0 Å². The molecule has 144 valence electrons. The molecule has 0 amide bonds. The van der Waals surface area contributed by atoms with Crippen molar-refractivity contribution in [2.45, 2.75) is 6.10 Å². The first-order chi connectivity index (χ1) is 13.2. The third-order valence-corrected chi connectivity index (χ3v) is 4.68. The Morgan fingerprint density at radius 2 is 1.70 bits per heavy atom. The van der Waals surface area contributed by atoms with Crippen molar-refractivity contribution in [3.63, 3.8) is 0 Å². The lowest BCUT2D eigenvalue weighted by molar-refractivity contribution is 0.0599. The van der Waals surface area contributed by atoms with Crippen molar-refractivity contribution in [1.29, 1.82) is 0 Å². The van der Waals surface area contributed by atoms with E-state index in [4.69, 9.17) is 4.74 Å². The molecule has 1 fully saturated rings. The number of aliphatic hydroxyl groups excluding tert-OH is 1. The molecule has 1 aliphatic heterocycles. The van der Waals surface area contributed by atoms with Crippen LogP contribution in [0.3, 0.4) is 0 Å². The molecule has 2 aromatic rings. The highest BCUT2D eigenvalue weighted by atomic mass is 16.5. The van der Waals surface area contributed by atoms with E-state index in [0.29, 0.717) is 17.9 Å². The molecule has 1 N–H and O–H groups in total. The molecule has 6 nitrogen and oxygen atoms in total. The Morgan fingerprint density at radius 1 is 1.04 bits per heavy atom. The topological polar surface area (TPSA) is 62.2 Å². The summed E-state index contributed by atoms with van der Waals surface area (Å²) in [6, 6.07) is 17.1. The summed E-state index contributed by atoms with van der Waals surface area (Å²) in [5.74, 6) is 0.242. The molecule has 0 aromatic heterocycles. The van der Waals surface area contributed by atoms with Crippen LogP contribution in [-0.2, 0) is 4.74 Å². The summed E-state index contributed by atoms with van der Waals surface area (Å²) < 4.78 is 10.3. The van der Waals surface area contributed by atoms with Crippen LogP contribution in [0.2, 0.25) is 0 Å². The maximum atomic E-state index is 11.4. The quantitative estimate of drug-likeness (QED) is 0.753. The van der Waals surface area contributed by atoms with Crippen LogP contribution in [0.15, 0.2) is 54.6 Å². The molecule has 1 heterocycles. The van der Waals surface area contributed by atoms with Gasteiger partial charge in [-0.15, -0.1) is 0 Å². The van der Waals surface area contributed by atoms with E-state index in [9.17, 15) is 9.90 Å². The molecular formula is C21H26N2O4. The third kappa shape index (κ3) is 5.45. The van der Waals surface area contributed by atoms with Crippen LogP contribution in [0.25, 0.3) is 0 Å². The molecule has 0 spiro atoms. The maximum absolute atomic E-state index is 11.4. The SMILES string of the molecule is COC(=O)c1ccc(OC[C@@H](O)CN2CCN(c3ccccc3)CC2)cc1. The van der Waals surface area contributed by atoms with Crippen LogP contribution in [-0.4, -0.2) is 68.5 Å². The molecule has 1 atom stereocenters. The molecule has 0 bridgehead atoms. The number of β-amino-alcohol motifs (C(OH)–C–C–N with tert-alkyl or cyclic N) is 1. The molecular weight excluding hydrogens is 344 g/mol. The summed E-state index contributed by atoms with van der Waals surface area (Å²) in [5, 5.41) is 10.3. The lowest BCUT2D eigenvalue weighted by Crippen LogP contribution is -2.49. The highest BCUT2D eigenvalue weighted by molar-refractivity contribution is 5.89. The van der Waals surface area contributed by atoms with E-state index in [1.165, 1.54) is 12.8 Å². The Hall–Kier alpha value is -2.57. The minimum Gasteiger partial charge on any atom is -0.491 e. The van der Waals surface area contributed by atoms with Crippen LogP contribution >= 0.6 is 0 Å². The number of esters is 1. The Labute approximate surface area is 159 Å². The average molecular weight is 370 g/mol. The summed E-state index contributed by atoms with van der Waals surface area (Å²) in [4.78, 5) is 16.0. The van der Waals surface area contributed by atoms with Crippen LogP contribution in [0.1, 0.15) is 10.4 Å². The summed E-state index contributed by atoms with van der Waals surface area (Å²) in [5.41, 5.74) is 1.72. The second-order valence-electron chi connectivity index (χ2n) is 6.60. The van der Waals surface area contributed by atoms with Crippen molar-refractivity contribution in [2.75, 3.05) is 51.3 Å². The van der Waals surface area contributed by atoms with E-state index in [0.717, 1.165) is 26.2 Å². The Morgan fingerprint density at radius 3 is 2.33 bits per heavy atom. The number of hydrogen-bond donors (Lipinski definition) is 1. The normalized spacial score (nSPS) is 16.0. The lowest BCUT2D eigenvalue weighted by Gasteiger charge is -2.36. The average Bonchev–Trinajstić information content (AvgIpc) is 2.73. The second kappa shape index (κ2) is 9.39. The number of anilines is 1. The fourth-order valence-electron chi connectivity index (χ4n) is 3.18. The highest BCUT2D eigenvalue weighted by Gasteiger charge is 2.19. The summed E-state index contributed by atoms with van der Waals surface area (Å²) >= 11 is 0. The molecule has 6 heteroatoms. The number of aliphatic hydroxyl groups is 1. The predicted octanol–water partition coefficient (Wildman–Crippen LogP) is 2.04. The molecule has 0 unspecified atom stereocenters. The van der Waals surface area contributed by atoms with Gasteiger partial charge in [0, 0.05) is 38.4 Å². The number of rotatable bonds is 7. The molecule has 2 aromatic carbocycles. The lowest BCUT2D eigenvalue weighted by atomic mass is 10.2. The standard InChI is InChI=1S/C21H26N2O4/c1-26-21(25)17-7-9-20(10-8-17)27-16-19(24)15-22-11-13-23(14-12-22)18-5-3-2-4-6-18/h2-10,19,24H,11-16H2,1H3/t19-/m0/s1. The third-order valence-electron chi connectivity index (χ3n) is 4.68. The molecule has 0 aliphatic carbocycles. The Kier molecular flexibility index (Phi) is 6.68. The number of carbonyl (C=O) groups is 1. The van der Waals surface area contributed by atoms with Gasteiger partial charge in [-0.1, -0.05) is 18.2 Å². The van der Waals surface area contributed by atoms with Crippen LogP contribution < -0.4 is 9.64 Å². The minimum absolute atomic E-state index is 0.219. The van der Waals surface area contributed by atoms with Gasteiger partial charge in [0.05, 0.1) is 12.7 Å². The van der Waals surface area contributed by atoms with E-state index in [1.54, 1.807) is 24.3 Å². The minimum atomic E-state index is -0.562. The number of hydrogen-bond acceptors (Lipinski definition) is 6. The number of nitrogens with zero attached hydrogens (tertiary/aromatic N) is 2. The smallest absolute Gasteiger partial charge is 0.337 e. The maximum Gasteiger partial charge on any atom is 0.337 e. The van der Waals surface area contributed by atoms with Gasteiger partial charge < -0.3 is 19.5 Å². The summed E-state index contributed by atoms with van der Waals surface area (Å²) in [6.07, 6.45) is -0.562. The number of benzene rings is 2. The fraction of sp³-hybridized carbons (Fsp3) is 0.381. The second-order valence-corrected chi connectivity index (χ2v) is 6.60. The van der Waals surface area contributed by atoms with Crippen molar-refractivity contribution >= 4 is 11.7 Å². The molecule has 27 heavy (non-hydrogen) atoms. The largest absolute Gasteiger partial charge is 0.491 e. The zero-order valence-electron chi connectivity index (χ0n) is 15.6. The van der Waals surface area contributed by atoms with E-state index in [1.807, 2.05) is 6.07 Å². The van der Waals surface area contributed by atoms with E-state index in [-0.39, 0.29) is 12.6 Å². The number of piperazine rings is 1. The molecule has 0 radical (unpaired) electrons. The van der Waals surface area contributed by atoms with Gasteiger partial charge in [0.15, 0.2) is 0 Å². The molecule has 3 rings (SSSR count). The van der Waals surface area contributed by atoms with E-state index >= 15 is 0 Å². The summed E-state index contributed by atoms with van der Waals surface area (Å²) in [6.45, 7) is 4.54. The predicted molar refractivity (Wildman–Crippen MR) is 104 cm³/mol. The number of methoxy groups -OCH3 is 1. The first-order valence-electron chi connectivity index (χ1n) is 9.17. The molecule has 1 saturated heterocycles. The van der Waals surface area contributed by atoms with Crippen molar-refractivity contribution in [3.8, 4) is 5.75 Å². The zero-order valence-corrected chi connectivity index (χ0v) is 15.6. The van der Waals surface area contributed by atoms with Gasteiger partial charge in [-0.25, -0.2) is 4.79 Å². The van der Waals surface area contributed by atoms with Crippen LogP contribution in [0, 0.1) is 0 Å². The summed E-state index contributed by atoms with van der Waals surface area (Å²) in [7, 11) is 1.35. The van der Waals surface area contributed by atoms with Gasteiger partial charge in [-0.3, -0.25) is 4.90 Å². The van der Waals surface area contributed by atoms with E-state index in [2.05, 4.69) is 38.8 Å². The van der Waals surface area contributed by atoms with Gasteiger partial charge in [-0.05, 0) is 36.4 Å². The van der Waals surface area contributed by atoms with Gasteiger partial charge >= 0.3 is 5.97 Å². The first-order valence-corrected chi connectivity index (χ1v) is 9.17. The van der Waals surface area contributed by atoms with Crippen LogP contribution in [0.4, 0.5) is 5.69 Å². The van der Waals surface area contributed by atoms with Gasteiger partial charge in [-0.2, -0.15) is 0 Å². The molecule has 1 aliphatic rings. The van der Waals surface area contributed by atoms with Gasteiger partial charge in [0.2, 0.25) is 0 Å². The van der Waals surface area contributed by atoms with Gasteiger partial charge in [0.1, 0.15) is 18.5 Å². The Balaban J connectivity index is 1.40. The van der Waals surface area contributed by atoms with Crippen molar-refractivity contribution in [3.05, 3.63) is 60.2 Å². The van der Waals surface area contributed by atoms with E-state index < -0.39 is 6.10 Å². The number of ether oxygens (including phenoxy) is 2. The van der Waals surface area contributed by atoms with Gasteiger partial charge in [0.25, 0.3) is 0 Å².